The molecule has 1 aromatic heterocycles. The van der Waals surface area contributed by atoms with E-state index in [1.165, 1.54) is 5.56 Å². The number of anilines is 1. The maximum atomic E-state index is 5.96. The van der Waals surface area contributed by atoms with Crippen LogP contribution in [0.15, 0.2) is 6.07 Å². The lowest BCUT2D eigenvalue weighted by Gasteiger charge is -2.33. The molecular formula is C11H15ClN2O. The van der Waals surface area contributed by atoms with Crippen LogP contribution in [-0.4, -0.2) is 25.2 Å². The van der Waals surface area contributed by atoms with Crippen LogP contribution >= 0.6 is 11.6 Å². The lowest BCUT2D eigenvalue weighted by molar-refractivity contribution is 0.405. The summed E-state index contributed by atoms with van der Waals surface area (Å²) in [5.41, 5.74) is 1.17. The molecule has 1 aliphatic heterocycles. The monoisotopic (exact) mass is 226 g/mol. The first kappa shape index (κ1) is 10.6. The van der Waals surface area contributed by atoms with E-state index in [-0.39, 0.29) is 0 Å². The van der Waals surface area contributed by atoms with E-state index in [1.807, 2.05) is 7.05 Å². The van der Waals surface area contributed by atoms with Gasteiger partial charge in [-0.2, -0.15) is 0 Å². The van der Waals surface area contributed by atoms with Crippen LogP contribution in [0.5, 0.6) is 5.75 Å². The molecule has 0 bridgehead atoms. The Hall–Kier alpha value is -0.960. The van der Waals surface area contributed by atoms with E-state index in [9.17, 15) is 0 Å². The number of rotatable bonds is 1. The predicted octanol–water partition coefficient (Wildman–Crippen LogP) is 2.51. The first-order valence-electron chi connectivity index (χ1n) is 5.09. The minimum Gasteiger partial charge on any atom is -0.496 e. The fraction of sp³-hybridized carbons (Fsp3) is 0.545. The summed E-state index contributed by atoms with van der Waals surface area (Å²) in [5.74, 6) is 1.81. The SMILES string of the molecule is COc1cc(Cl)nc2c1CCC(C)N2C. The summed E-state index contributed by atoms with van der Waals surface area (Å²) in [6.45, 7) is 2.19. The Labute approximate surface area is 95.0 Å². The Bertz CT molecular complexity index is 381. The number of pyridine rings is 1. The van der Waals surface area contributed by atoms with Crippen LogP contribution in [0.3, 0.4) is 0 Å². The zero-order valence-corrected chi connectivity index (χ0v) is 10.0. The van der Waals surface area contributed by atoms with E-state index in [2.05, 4.69) is 16.8 Å². The normalized spacial score (nSPS) is 20.0. The summed E-state index contributed by atoms with van der Waals surface area (Å²) in [7, 11) is 3.72. The van der Waals surface area contributed by atoms with Gasteiger partial charge in [0.2, 0.25) is 0 Å². The highest BCUT2D eigenvalue weighted by Gasteiger charge is 2.24. The fourth-order valence-electron chi connectivity index (χ4n) is 1.97. The Morgan fingerprint density at radius 2 is 2.33 bits per heavy atom. The van der Waals surface area contributed by atoms with E-state index >= 15 is 0 Å². The van der Waals surface area contributed by atoms with E-state index in [4.69, 9.17) is 16.3 Å². The fourth-order valence-corrected chi connectivity index (χ4v) is 2.15. The van der Waals surface area contributed by atoms with Crippen molar-refractivity contribution < 1.29 is 4.74 Å². The molecule has 0 aromatic carbocycles. The van der Waals surface area contributed by atoms with Crippen LogP contribution in [0.25, 0.3) is 0 Å². The lowest BCUT2D eigenvalue weighted by Crippen LogP contribution is -2.34. The van der Waals surface area contributed by atoms with Crippen molar-refractivity contribution in [2.24, 2.45) is 0 Å². The highest BCUT2D eigenvalue weighted by molar-refractivity contribution is 6.29. The van der Waals surface area contributed by atoms with E-state index < -0.39 is 0 Å². The molecule has 3 nitrogen and oxygen atoms in total. The number of hydrogen-bond acceptors (Lipinski definition) is 3. The van der Waals surface area contributed by atoms with Gasteiger partial charge in [-0.25, -0.2) is 4.98 Å². The quantitative estimate of drug-likeness (QED) is 0.688. The van der Waals surface area contributed by atoms with Gasteiger partial charge < -0.3 is 9.64 Å². The first-order valence-corrected chi connectivity index (χ1v) is 5.47. The van der Waals surface area contributed by atoms with Crippen LogP contribution in [-0.2, 0) is 6.42 Å². The molecule has 0 aliphatic carbocycles. The van der Waals surface area contributed by atoms with Crippen LogP contribution in [0.2, 0.25) is 5.15 Å². The zero-order chi connectivity index (χ0) is 11.0. The van der Waals surface area contributed by atoms with Gasteiger partial charge in [0, 0.05) is 24.7 Å². The maximum absolute atomic E-state index is 5.96. The molecule has 0 radical (unpaired) electrons. The summed E-state index contributed by atoms with van der Waals surface area (Å²) in [6, 6.07) is 2.29. The first-order chi connectivity index (χ1) is 7.13. The number of hydrogen-bond donors (Lipinski definition) is 0. The zero-order valence-electron chi connectivity index (χ0n) is 9.25. The summed E-state index contributed by atoms with van der Waals surface area (Å²) >= 11 is 5.96. The molecule has 4 heteroatoms. The molecule has 82 valence electrons. The summed E-state index contributed by atoms with van der Waals surface area (Å²) in [6.07, 6.45) is 2.14. The molecule has 0 saturated carbocycles. The van der Waals surface area contributed by atoms with Crippen LogP contribution < -0.4 is 9.64 Å². The van der Waals surface area contributed by atoms with Crippen molar-refractivity contribution in [2.75, 3.05) is 19.1 Å². The van der Waals surface area contributed by atoms with Crippen molar-refractivity contribution in [2.45, 2.75) is 25.8 Å². The Kier molecular flexibility index (Phi) is 2.74. The van der Waals surface area contributed by atoms with Crippen molar-refractivity contribution in [3.63, 3.8) is 0 Å². The number of ether oxygens (including phenoxy) is 1. The van der Waals surface area contributed by atoms with Gasteiger partial charge in [0.15, 0.2) is 0 Å². The largest absolute Gasteiger partial charge is 0.496 e. The van der Waals surface area contributed by atoms with Gasteiger partial charge in [-0.15, -0.1) is 0 Å². The third-order valence-electron chi connectivity index (χ3n) is 3.06. The number of fused-ring (bicyclic) bond motifs is 1. The van der Waals surface area contributed by atoms with Crippen LogP contribution in [0.1, 0.15) is 18.9 Å². The van der Waals surface area contributed by atoms with Gasteiger partial charge in [0.1, 0.15) is 16.7 Å². The minimum absolute atomic E-state index is 0.492. The van der Waals surface area contributed by atoms with E-state index in [0.717, 1.165) is 24.4 Å². The van der Waals surface area contributed by atoms with Gasteiger partial charge in [-0.1, -0.05) is 11.6 Å². The molecule has 1 unspecified atom stereocenters. The number of methoxy groups -OCH3 is 1. The Balaban J connectivity index is 2.53. The standard InChI is InChI=1S/C11H15ClN2O/c1-7-4-5-8-9(15-3)6-10(12)13-11(8)14(7)2/h6-7H,4-5H2,1-3H3. The second-order valence-corrected chi connectivity index (χ2v) is 4.34. The molecule has 1 atom stereocenters. The molecule has 15 heavy (non-hydrogen) atoms. The molecule has 0 fully saturated rings. The minimum atomic E-state index is 0.492. The summed E-state index contributed by atoms with van der Waals surface area (Å²) < 4.78 is 5.33. The molecule has 1 aliphatic rings. The van der Waals surface area contributed by atoms with Crippen molar-refractivity contribution >= 4 is 17.4 Å². The molecule has 1 aromatic rings. The maximum Gasteiger partial charge on any atom is 0.137 e. The third-order valence-corrected chi connectivity index (χ3v) is 3.25. The third kappa shape index (κ3) is 1.76. The highest BCUT2D eigenvalue weighted by Crippen LogP contribution is 2.35. The van der Waals surface area contributed by atoms with Crippen molar-refractivity contribution in [3.8, 4) is 5.75 Å². The number of halogens is 1. The highest BCUT2D eigenvalue weighted by atomic mass is 35.5. The summed E-state index contributed by atoms with van der Waals surface area (Å²) in [5, 5.41) is 0.492. The number of aromatic nitrogens is 1. The predicted molar refractivity (Wildman–Crippen MR) is 62.0 cm³/mol. The van der Waals surface area contributed by atoms with Gasteiger partial charge in [0.25, 0.3) is 0 Å². The van der Waals surface area contributed by atoms with Gasteiger partial charge in [-0.05, 0) is 19.8 Å². The lowest BCUT2D eigenvalue weighted by atomic mass is 10.00. The summed E-state index contributed by atoms with van der Waals surface area (Å²) in [4.78, 5) is 6.53. The second-order valence-electron chi connectivity index (χ2n) is 3.95. The molecule has 0 saturated heterocycles. The topological polar surface area (TPSA) is 25.4 Å². The smallest absolute Gasteiger partial charge is 0.137 e. The average molecular weight is 227 g/mol. The van der Waals surface area contributed by atoms with Crippen LogP contribution in [0.4, 0.5) is 5.82 Å². The van der Waals surface area contributed by atoms with Crippen molar-refractivity contribution in [1.29, 1.82) is 0 Å². The van der Waals surface area contributed by atoms with E-state index in [0.29, 0.717) is 11.2 Å². The molecule has 2 rings (SSSR count). The number of nitrogens with zero attached hydrogens (tertiary/aromatic N) is 2. The Morgan fingerprint density at radius 3 is 3.00 bits per heavy atom. The second kappa shape index (κ2) is 3.89. The molecule has 0 spiro atoms. The molecule has 0 amide bonds. The van der Waals surface area contributed by atoms with Crippen molar-refractivity contribution in [1.82, 2.24) is 4.98 Å². The average Bonchev–Trinajstić information content (AvgIpc) is 2.23. The van der Waals surface area contributed by atoms with Crippen LogP contribution in [0, 0.1) is 0 Å². The molecule has 2 heterocycles. The van der Waals surface area contributed by atoms with Gasteiger partial charge in [0.05, 0.1) is 7.11 Å². The van der Waals surface area contributed by atoms with Crippen molar-refractivity contribution in [3.05, 3.63) is 16.8 Å². The Morgan fingerprint density at radius 1 is 1.60 bits per heavy atom. The molecule has 0 N–H and O–H groups in total. The van der Waals surface area contributed by atoms with Gasteiger partial charge >= 0.3 is 0 Å². The van der Waals surface area contributed by atoms with Gasteiger partial charge in [-0.3, -0.25) is 0 Å². The van der Waals surface area contributed by atoms with E-state index in [1.54, 1.807) is 13.2 Å². The molecular weight excluding hydrogens is 212 g/mol.